The number of alkyl carbamates (subject to hydrolysis) is 1. The lowest BCUT2D eigenvalue weighted by Gasteiger charge is -2.21. The van der Waals surface area contributed by atoms with Gasteiger partial charge in [-0.2, -0.15) is 0 Å². The molecular weight excluding hydrogens is 240 g/mol. The van der Waals surface area contributed by atoms with Gasteiger partial charge in [-0.05, 0) is 27.7 Å². The van der Waals surface area contributed by atoms with Crippen molar-refractivity contribution in [1.82, 2.24) is 10.3 Å². The van der Waals surface area contributed by atoms with Gasteiger partial charge in [-0.25, -0.2) is 9.78 Å². The third-order valence-electron chi connectivity index (χ3n) is 1.84. The molecule has 0 saturated carbocycles. The van der Waals surface area contributed by atoms with E-state index in [4.69, 9.17) is 9.84 Å². The number of nitrogens with one attached hydrogen (secondary N) is 1. The van der Waals surface area contributed by atoms with Gasteiger partial charge in [0.15, 0.2) is 0 Å². The number of rotatable bonds is 3. The summed E-state index contributed by atoms with van der Waals surface area (Å²) in [6.07, 6.45) is -0.467. The van der Waals surface area contributed by atoms with Gasteiger partial charge in [0.2, 0.25) is 0 Å². The van der Waals surface area contributed by atoms with E-state index in [9.17, 15) is 4.79 Å². The average Bonchev–Trinajstić information content (AvgIpc) is 2.62. The molecule has 0 aromatic carbocycles. The molecule has 1 rings (SSSR count). The minimum absolute atomic E-state index is 0.0876. The summed E-state index contributed by atoms with van der Waals surface area (Å²) in [6.45, 7) is 7.17. The number of aromatic nitrogens is 1. The maximum atomic E-state index is 11.5. The van der Waals surface area contributed by atoms with Crippen LogP contribution in [0.25, 0.3) is 0 Å². The monoisotopic (exact) mass is 258 g/mol. The molecule has 2 N–H and O–H groups in total. The van der Waals surface area contributed by atoms with E-state index in [2.05, 4.69) is 10.3 Å². The number of ether oxygens (including phenoxy) is 1. The third kappa shape index (κ3) is 4.70. The van der Waals surface area contributed by atoms with Crippen molar-refractivity contribution in [3.05, 3.63) is 16.1 Å². The van der Waals surface area contributed by atoms with Crippen molar-refractivity contribution in [2.45, 2.75) is 45.9 Å². The van der Waals surface area contributed by atoms with E-state index in [-0.39, 0.29) is 12.6 Å². The van der Waals surface area contributed by atoms with Gasteiger partial charge in [-0.1, -0.05) is 0 Å². The van der Waals surface area contributed by atoms with Crippen LogP contribution >= 0.6 is 11.3 Å². The number of aliphatic hydroxyl groups is 1. The summed E-state index contributed by atoms with van der Waals surface area (Å²) in [5, 5.41) is 14.1. The van der Waals surface area contributed by atoms with Crippen LogP contribution in [0, 0.1) is 0 Å². The second-order valence-corrected chi connectivity index (χ2v) is 5.59. The second kappa shape index (κ2) is 5.46. The van der Waals surface area contributed by atoms with Gasteiger partial charge in [0.1, 0.15) is 10.6 Å². The fraction of sp³-hybridized carbons (Fsp3) is 0.636. The number of carbonyl (C=O) groups is 1. The fourth-order valence-electron chi connectivity index (χ4n) is 1.14. The van der Waals surface area contributed by atoms with Gasteiger partial charge in [-0.3, -0.25) is 0 Å². The molecule has 1 aromatic rings. The van der Waals surface area contributed by atoms with Crippen LogP contribution in [-0.2, 0) is 11.3 Å². The van der Waals surface area contributed by atoms with E-state index in [1.165, 1.54) is 11.3 Å². The number of amides is 1. The molecule has 5 nitrogen and oxygen atoms in total. The Bertz CT molecular complexity index is 384. The first-order chi connectivity index (χ1) is 7.81. The number of hydrogen-bond donors (Lipinski definition) is 2. The molecule has 1 amide bonds. The summed E-state index contributed by atoms with van der Waals surface area (Å²) < 4.78 is 5.14. The highest BCUT2D eigenvalue weighted by Gasteiger charge is 2.19. The SMILES string of the molecule is C[C@H](NC(=O)OC(C)(C)C)c1nc(CO)cs1. The lowest BCUT2D eigenvalue weighted by Crippen LogP contribution is -2.34. The van der Waals surface area contributed by atoms with Crippen LogP contribution < -0.4 is 5.32 Å². The zero-order chi connectivity index (χ0) is 13.1. The van der Waals surface area contributed by atoms with Crippen LogP contribution in [0.15, 0.2) is 5.38 Å². The van der Waals surface area contributed by atoms with Gasteiger partial charge < -0.3 is 15.2 Å². The predicted molar refractivity (Wildman–Crippen MR) is 65.8 cm³/mol. The standard InChI is InChI=1S/C11H18N2O3S/c1-7(9-13-8(5-14)6-17-9)12-10(15)16-11(2,3)4/h6-7,14H,5H2,1-4H3,(H,12,15)/t7-/m0/s1. The summed E-state index contributed by atoms with van der Waals surface area (Å²) in [5.74, 6) is 0. The maximum Gasteiger partial charge on any atom is 0.408 e. The lowest BCUT2D eigenvalue weighted by atomic mass is 10.2. The predicted octanol–water partition coefficient (Wildman–Crippen LogP) is 2.22. The molecule has 6 heteroatoms. The molecule has 0 unspecified atom stereocenters. The molecule has 0 bridgehead atoms. The largest absolute Gasteiger partial charge is 0.444 e. The Morgan fingerprint density at radius 2 is 2.29 bits per heavy atom. The minimum Gasteiger partial charge on any atom is -0.444 e. The van der Waals surface area contributed by atoms with Crippen LogP contribution in [0.1, 0.15) is 44.4 Å². The van der Waals surface area contributed by atoms with E-state index in [0.29, 0.717) is 5.69 Å². The summed E-state index contributed by atoms with van der Waals surface area (Å²) in [7, 11) is 0. The first-order valence-electron chi connectivity index (χ1n) is 5.36. The first-order valence-corrected chi connectivity index (χ1v) is 6.24. The van der Waals surface area contributed by atoms with Crippen LogP contribution in [0.2, 0.25) is 0 Å². The van der Waals surface area contributed by atoms with Crippen LogP contribution in [-0.4, -0.2) is 21.8 Å². The second-order valence-electron chi connectivity index (χ2n) is 4.70. The smallest absolute Gasteiger partial charge is 0.408 e. The summed E-state index contributed by atoms with van der Waals surface area (Å²) >= 11 is 1.40. The Kier molecular flexibility index (Phi) is 4.47. The molecule has 0 aliphatic rings. The average molecular weight is 258 g/mol. The lowest BCUT2D eigenvalue weighted by molar-refractivity contribution is 0.0508. The number of thiazole rings is 1. The van der Waals surface area contributed by atoms with Crippen molar-refractivity contribution in [1.29, 1.82) is 0 Å². The summed E-state index contributed by atoms with van der Waals surface area (Å²) in [4.78, 5) is 15.7. The summed E-state index contributed by atoms with van der Waals surface area (Å²) in [5.41, 5.74) is 0.103. The molecule has 17 heavy (non-hydrogen) atoms. The highest BCUT2D eigenvalue weighted by Crippen LogP contribution is 2.18. The Hall–Kier alpha value is -1.14. The van der Waals surface area contributed by atoms with Crippen molar-refractivity contribution in [2.24, 2.45) is 0 Å². The Labute approximate surface area is 105 Å². The zero-order valence-electron chi connectivity index (χ0n) is 10.5. The van der Waals surface area contributed by atoms with E-state index < -0.39 is 11.7 Å². The number of hydrogen-bond acceptors (Lipinski definition) is 5. The third-order valence-corrected chi connectivity index (χ3v) is 2.91. The van der Waals surface area contributed by atoms with Crippen LogP contribution in [0.5, 0.6) is 0 Å². The van der Waals surface area contributed by atoms with Crippen LogP contribution in [0.4, 0.5) is 4.79 Å². The van der Waals surface area contributed by atoms with E-state index >= 15 is 0 Å². The van der Waals surface area contributed by atoms with Gasteiger partial charge in [0.25, 0.3) is 0 Å². The normalized spacial score (nSPS) is 13.2. The van der Waals surface area contributed by atoms with E-state index in [1.807, 2.05) is 27.7 Å². The fourth-order valence-corrected chi connectivity index (χ4v) is 1.96. The molecule has 0 aliphatic carbocycles. The molecule has 0 spiro atoms. The van der Waals surface area contributed by atoms with Crippen molar-refractivity contribution in [3.63, 3.8) is 0 Å². The van der Waals surface area contributed by atoms with Crippen molar-refractivity contribution in [3.8, 4) is 0 Å². The molecule has 1 heterocycles. The maximum absolute atomic E-state index is 11.5. The molecular formula is C11H18N2O3S. The Morgan fingerprint density at radius 3 is 2.76 bits per heavy atom. The quantitative estimate of drug-likeness (QED) is 0.872. The molecule has 0 fully saturated rings. The number of aliphatic hydroxyl groups excluding tert-OH is 1. The van der Waals surface area contributed by atoms with Crippen molar-refractivity contribution < 1.29 is 14.6 Å². The van der Waals surface area contributed by atoms with Crippen LogP contribution in [0.3, 0.4) is 0 Å². The van der Waals surface area contributed by atoms with Crippen molar-refractivity contribution in [2.75, 3.05) is 0 Å². The summed E-state index contributed by atoms with van der Waals surface area (Å²) in [6, 6.07) is -0.227. The topological polar surface area (TPSA) is 71.5 Å². The highest BCUT2D eigenvalue weighted by molar-refractivity contribution is 7.09. The zero-order valence-corrected chi connectivity index (χ0v) is 11.3. The van der Waals surface area contributed by atoms with Gasteiger partial charge in [0, 0.05) is 5.38 Å². The molecule has 1 atom stereocenters. The molecule has 0 aliphatic heterocycles. The Balaban J connectivity index is 2.54. The molecule has 0 radical (unpaired) electrons. The number of nitrogens with zero attached hydrogens (tertiary/aromatic N) is 1. The first kappa shape index (κ1) is 13.9. The van der Waals surface area contributed by atoms with Gasteiger partial charge in [0.05, 0.1) is 18.3 Å². The van der Waals surface area contributed by atoms with Gasteiger partial charge in [-0.15, -0.1) is 11.3 Å². The number of carbonyl (C=O) groups excluding carboxylic acids is 1. The minimum atomic E-state index is -0.511. The molecule has 0 saturated heterocycles. The molecule has 1 aromatic heterocycles. The highest BCUT2D eigenvalue weighted by atomic mass is 32.1. The van der Waals surface area contributed by atoms with Gasteiger partial charge >= 0.3 is 6.09 Å². The Morgan fingerprint density at radius 1 is 1.65 bits per heavy atom. The van der Waals surface area contributed by atoms with E-state index in [1.54, 1.807) is 5.38 Å². The molecule has 96 valence electrons. The van der Waals surface area contributed by atoms with E-state index in [0.717, 1.165) is 5.01 Å². The van der Waals surface area contributed by atoms with Crippen molar-refractivity contribution >= 4 is 17.4 Å².